The zero-order valence-corrected chi connectivity index (χ0v) is 14.1. The lowest BCUT2D eigenvalue weighted by Gasteiger charge is -2.34. The van der Waals surface area contributed by atoms with Crippen molar-refractivity contribution in [3.8, 4) is 0 Å². The van der Waals surface area contributed by atoms with Crippen LogP contribution in [-0.4, -0.2) is 10.2 Å². The number of fused-ring (bicyclic) bond motifs is 1. The molecule has 0 radical (unpaired) electrons. The number of nitrogens with zero attached hydrogens (tertiary/aromatic N) is 1. The second-order valence-corrected chi connectivity index (χ2v) is 6.64. The molecule has 3 aromatic rings. The maximum atomic E-state index is 4.36. The zero-order chi connectivity index (χ0) is 15.0. The van der Waals surface area contributed by atoms with Gasteiger partial charge in [0.2, 0.25) is 0 Å². The van der Waals surface area contributed by atoms with E-state index < -0.39 is 0 Å². The largest absolute Gasteiger partial charge is 0.281 e. The van der Waals surface area contributed by atoms with Crippen molar-refractivity contribution in [2.24, 2.45) is 0 Å². The highest BCUT2D eigenvalue weighted by Crippen LogP contribution is 2.41. The molecule has 1 aromatic heterocycles. The number of H-pyrrole nitrogens is 1. The van der Waals surface area contributed by atoms with Gasteiger partial charge in [0, 0.05) is 23.1 Å². The molecule has 0 unspecified atom stereocenters. The van der Waals surface area contributed by atoms with Gasteiger partial charge in [0.1, 0.15) is 3.70 Å². The summed E-state index contributed by atoms with van der Waals surface area (Å²) in [5, 5.41) is 7.57. The predicted octanol–water partition coefficient (Wildman–Crippen LogP) is 4.57. The van der Waals surface area contributed by atoms with Crippen LogP contribution in [0.3, 0.4) is 0 Å². The molecular weight excluding hydrogens is 383 g/mol. The molecule has 0 saturated heterocycles. The van der Waals surface area contributed by atoms with E-state index in [2.05, 4.69) is 106 Å². The fourth-order valence-electron chi connectivity index (χ4n) is 3.26. The second kappa shape index (κ2) is 5.39. The number of aromatic amines is 1. The van der Waals surface area contributed by atoms with E-state index in [0.717, 1.165) is 10.1 Å². The minimum absolute atomic E-state index is 0.134. The summed E-state index contributed by atoms with van der Waals surface area (Å²) in [5.41, 5.74) is 4.92. The smallest absolute Gasteiger partial charge is 0.130 e. The molecule has 2 aromatic carbocycles. The summed E-state index contributed by atoms with van der Waals surface area (Å²) < 4.78 is 1.04. The van der Waals surface area contributed by atoms with Gasteiger partial charge < -0.3 is 0 Å². The van der Waals surface area contributed by atoms with Crippen LogP contribution in [0.15, 0.2) is 66.7 Å². The van der Waals surface area contributed by atoms with Crippen LogP contribution in [0.5, 0.6) is 0 Å². The highest BCUT2D eigenvalue weighted by molar-refractivity contribution is 14.1. The highest BCUT2D eigenvalue weighted by Gasteiger charge is 2.35. The molecule has 0 fully saturated rings. The number of halogens is 1. The van der Waals surface area contributed by atoms with E-state index in [1.807, 2.05) is 0 Å². The first-order valence-corrected chi connectivity index (χ1v) is 8.40. The summed E-state index contributed by atoms with van der Waals surface area (Å²) in [6.45, 7) is 0. The van der Waals surface area contributed by atoms with Crippen LogP contribution in [0.25, 0.3) is 6.08 Å². The monoisotopic (exact) mass is 398 g/mol. The van der Waals surface area contributed by atoms with E-state index in [4.69, 9.17) is 0 Å². The Labute approximate surface area is 143 Å². The van der Waals surface area contributed by atoms with E-state index in [-0.39, 0.29) is 5.41 Å². The molecule has 0 aliphatic heterocycles. The number of nitrogens with one attached hydrogen (secondary N) is 1. The van der Waals surface area contributed by atoms with Gasteiger partial charge in [-0.2, -0.15) is 5.10 Å². The number of hydrogen-bond acceptors (Lipinski definition) is 1. The Hall–Kier alpha value is -1.88. The average Bonchev–Trinajstić information content (AvgIpc) is 2.96. The lowest BCUT2D eigenvalue weighted by Crippen LogP contribution is -2.30. The molecule has 0 saturated carbocycles. The van der Waals surface area contributed by atoms with Crippen LogP contribution in [0, 0.1) is 3.70 Å². The Morgan fingerprint density at radius 1 is 0.909 bits per heavy atom. The number of allylic oxidation sites excluding steroid dienone is 1. The zero-order valence-electron chi connectivity index (χ0n) is 12.0. The molecule has 0 spiro atoms. The third kappa shape index (κ3) is 2.11. The molecule has 4 rings (SSSR count). The molecule has 1 heterocycles. The van der Waals surface area contributed by atoms with E-state index >= 15 is 0 Å². The quantitative estimate of drug-likeness (QED) is 0.630. The Balaban J connectivity index is 1.93. The molecular formula is C19H15IN2. The standard InChI is InChI=1S/C19H15IN2/c20-18-16-11-12-19(13-17(16)21-22-18,14-7-3-1-4-8-14)15-9-5-2-6-10-15/h1-12H,13H2,(H,21,22). The van der Waals surface area contributed by atoms with Crippen molar-refractivity contribution in [1.29, 1.82) is 0 Å². The minimum Gasteiger partial charge on any atom is -0.281 e. The molecule has 22 heavy (non-hydrogen) atoms. The molecule has 1 N–H and O–H groups in total. The van der Waals surface area contributed by atoms with Gasteiger partial charge >= 0.3 is 0 Å². The maximum absolute atomic E-state index is 4.36. The number of aromatic nitrogens is 2. The van der Waals surface area contributed by atoms with E-state index in [1.54, 1.807) is 0 Å². The molecule has 0 bridgehead atoms. The van der Waals surface area contributed by atoms with Gasteiger partial charge in [0.25, 0.3) is 0 Å². The first kappa shape index (κ1) is 13.8. The van der Waals surface area contributed by atoms with Gasteiger partial charge in [0.05, 0.1) is 0 Å². The van der Waals surface area contributed by atoms with Crippen molar-refractivity contribution >= 4 is 28.7 Å². The lowest BCUT2D eigenvalue weighted by molar-refractivity contribution is 0.620. The van der Waals surface area contributed by atoms with Gasteiger partial charge in [-0.25, -0.2) is 0 Å². The summed E-state index contributed by atoms with van der Waals surface area (Å²) in [5.74, 6) is 0. The van der Waals surface area contributed by atoms with Crippen LogP contribution in [0.4, 0.5) is 0 Å². The number of benzene rings is 2. The Morgan fingerprint density at radius 3 is 2.09 bits per heavy atom. The SMILES string of the molecule is Ic1n[nH]c2c1C=CC(c1ccccc1)(c1ccccc1)C2. The first-order chi connectivity index (χ1) is 10.8. The van der Waals surface area contributed by atoms with Crippen molar-refractivity contribution in [1.82, 2.24) is 10.2 Å². The third-order valence-electron chi connectivity index (χ3n) is 4.40. The average molecular weight is 398 g/mol. The topological polar surface area (TPSA) is 28.7 Å². The summed E-state index contributed by atoms with van der Waals surface area (Å²) in [6.07, 6.45) is 5.45. The van der Waals surface area contributed by atoms with Crippen molar-refractivity contribution in [3.63, 3.8) is 0 Å². The molecule has 108 valence electrons. The highest BCUT2D eigenvalue weighted by atomic mass is 127. The first-order valence-electron chi connectivity index (χ1n) is 7.33. The molecule has 2 nitrogen and oxygen atoms in total. The van der Waals surface area contributed by atoms with Crippen LogP contribution in [-0.2, 0) is 11.8 Å². The van der Waals surface area contributed by atoms with Gasteiger partial charge in [-0.3, -0.25) is 5.10 Å². The number of hydrogen-bond donors (Lipinski definition) is 1. The Morgan fingerprint density at radius 2 is 1.50 bits per heavy atom. The Kier molecular flexibility index (Phi) is 3.37. The van der Waals surface area contributed by atoms with Crippen LogP contribution in [0.2, 0.25) is 0 Å². The number of rotatable bonds is 2. The fourth-order valence-corrected chi connectivity index (χ4v) is 3.89. The summed E-state index contributed by atoms with van der Waals surface area (Å²) in [4.78, 5) is 0. The van der Waals surface area contributed by atoms with E-state index in [1.165, 1.54) is 22.4 Å². The van der Waals surface area contributed by atoms with Gasteiger partial charge in [-0.1, -0.05) is 72.8 Å². The van der Waals surface area contributed by atoms with Crippen molar-refractivity contribution in [3.05, 3.63) is 92.8 Å². The van der Waals surface area contributed by atoms with Gasteiger partial charge in [-0.05, 0) is 33.7 Å². The van der Waals surface area contributed by atoms with Crippen LogP contribution >= 0.6 is 22.6 Å². The molecule has 3 heteroatoms. The minimum atomic E-state index is -0.134. The second-order valence-electron chi connectivity index (χ2n) is 5.62. The summed E-state index contributed by atoms with van der Waals surface area (Å²) in [6, 6.07) is 21.4. The lowest BCUT2D eigenvalue weighted by atomic mass is 9.69. The third-order valence-corrected chi connectivity index (χ3v) is 5.23. The molecule has 1 aliphatic rings. The van der Waals surface area contributed by atoms with Crippen LogP contribution < -0.4 is 0 Å². The summed E-state index contributed by atoms with van der Waals surface area (Å²) >= 11 is 2.29. The van der Waals surface area contributed by atoms with Crippen molar-refractivity contribution in [2.75, 3.05) is 0 Å². The Bertz CT molecular complexity index is 780. The summed E-state index contributed by atoms with van der Waals surface area (Å²) in [7, 11) is 0. The van der Waals surface area contributed by atoms with Crippen molar-refractivity contribution < 1.29 is 0 Å². The fraction of sp³-hybridized carbons (Fsp3) is 0.105. The van der Waals surface area contributed by atoms with Crippen molar-refractivity contribution in [2.45, 2.75) is 11.8 Å². The van der Waals surface area contributed by atoms with E-state index in [9.17, 15) is 0 Å². The maximum Gasteiger partial charge on any atom is 0.130 e. The van der Waals surface area contributed by atoms with Gasteiger partial charge in [0.15, 0.2) is 0 Å². The molecule has 1 aliphatic carbocycles. The van der Waals surface area contributed by atoms with E-state index in [0.29, 0.717) is 0 Å². The molecule has 0 atom stereocenters. The molecule has 0 amide bonds. The van der Waals surface area contributed by atoms with Crippen LogP contribution in [0.1, 0.15) is 22.4 Å². The predicted molar refractivity (Wildman–Crippen MR) is 97.7 cm³/mol. The van der Waals surface area contributed by atoms with Gasteiger partial charge in [-0.15, -0.1) is 0 Å². The normalized spacial score (nSPS) is 15.5.